The van der Waals surface area contributed by atoms with Crippen LogP contribution in [-0.4, -0.2) is 6.04 Å². The Kier molecular flexibility index (Phi) is 4.45. The summed E-state index contributed by atoms with van der Waals surface area (Å²) in [6, 6.07) is 10.4. The van der Waals surface area contributed by atoms with Gasteiger partial charge in [-0.1, -0.05) is 49.1 Å². The van der Waals surface area contributed by atoms with Crippen molar-refractivity contribution in [1.82, 2.24) is 5.32 Å². The molecular formula is C19H29N. The highest BCUT2D eigenvalue weighted by Crippen LogP contribution is 2.42. The van der Waals surface area contributed by atoms with Crippen molar-refractivity contribution < 1.29 is 0 Å². The minimum atomic E-state index is 0.590. The molecule has 1 heteroatoms. The molecule has 2 fully saturated rings. The van der Waals surface area contributed by atoms with Crippen LogP contribution in [0.5, 0.6) is 0 Å². The van der Waals surface area contributed by atoms with Crippen molar-refractivity contribution in [1.29, 1.82) is 0 Å². The maximum absolute atomic E-state index is 3.98. The second-order valence-corrected chi connectivity index (χ2v) is 7.08. The fourth-order valence-electron chi connectivity index (χ4n) is 3.76. The largest absolute Gasteiger partial charge is 0.307 e. The molecule has 0 radical (unpaired) electrons. The Balaban J connectivity index is 1.66. The molecule has 1 nitrogen and oxygen atoms in total. The standard InChI is InChI=1S/C19H29N/c1-14-8-10-17(11-9-14)19(18-12-13-18)20-15(2)16-6-4-3-5-7-16/h8-11,15-16,18-20H,3-7,12-13H2,1-2H3. The maximum atomic E-state index is 3.98. The topological polar surface area (TPSA) is 12.0 Å². The number of benzene rings is 1. The smallest absolute Gasteiger partial charge is 0.0351 e. The number of hydrogen-bond acceptors (Lipinski definition) is 1. The number of rotatable bonds is 5. The van der Waals surface area contributed by atoms with Crippen molar-refractivity contribution in [3.05, 3.63) is 35.4 Å². The zero-order valence-electron chi connectivity index (χ0n) is 13.1. The van der Waals surface area contributed by atoms with Crippen LogP contribution in [0.1, 0.15) is 69.0 Å². The summed E-state index contributed by atoms with van der Waals surface area (Å²) in [5, 5.41) is 3.98. The summed E-state index contributed by atoms with van der Waals surface area (Å²) in [5.41, 5.74) is 2.87. The van der Waals surface area contributed by atoms with E-state index in [2.05, 4.69) is 43.4 Å². The molecule has 1 aromatic rings. The third-order valence-corrected chi connectivity index (χ3v) is 5.33. The van der Waals surface area contributed by atoms with Gasteiger partial charge < -0.3 is 5.32 Å². The first-order valence-electron chi connectivity index (χ1n) is 8.56. The monoisotopic (exact) mass is 271 g/mol. The molecular weight excluding hydrogens is 242 g/mol. The van der Waals surface area contributed by atoms with E-state index in [4.69, 9.17) is 0 Å². The zero-order chi connectivity index (χ0) is 13.9. The second kappa shape index (κ2) is 6.30. The molecule has 2 saturated carbocycles. The van der Waals surface area contributed by atoms with Gasteiger partial charge in [-0.05, 0) is 56.9 Å². The minimum absolute atomic E-state index is 0.590. The van der Waals surface area contributed by atoms with E-state index >= 15 is 0 Å². The van der Waals surface area contributed by atoms with E-state index in [0.29, 0.717) is 12.1 Å². The first kappa shape index (κ1) is 14.1. The van der Waals surface area contributed by atoms with Gasteiger partial charge >= 0.3 is 0 Å². The van der Waals surface area contributed by atoms with Crippen LogP contribution in [0.3, 0.4) is 0 Å². The molecule has 0 amide bonds. The zero-order valence-corrected chi connectivity index (χ0v) is 13.1. The third kappa shape index (κ3) is 3.44. The van der Waals surface area contributed by atoms with Crippen LogP contribution in [0.4, 0.5) is 0 Å². The molecule has 2 unspecified atom stereocenters. The molecule has 1 N–H and O–H groups in total. The van der Waals surface area contributed by atoms with Gasteiger partial charge in [0, 0.05) is 12.1 Å². The van der Waals surface area contributed by atoms with Crippen molar-refractivity contribution in [2.75, 3.05) is 0 Å². The average Bonchev–Trinajstić information content (AvgIpc) is 3.31. The van der Waals surface area contributed by atoms with Gasteiger partial charge in [-0.15, -0.1) is 0 Å². The van der Waals surface area contributed by atoms with Gasteiger partial charge in [-0.25, -0.2) is 0 Å². The fourth-order valence-corrected chi connectivity index (χ4v) is 3.76. The van der Waals surface area contributed by atoms with Gasteiger partial charge in [0.25, 0.3) is 0 Å². The molecule has 2 aliphatic carbocycles. The van der Waals surface area contributed by atoms with E-state index in [1.807, 2.05) is 0 Å². The van der Waals surface area contributed by atoms with Crippen LogP contribution in [0.2, 0.25) is 0 Å². The third-order valence-electron chi connectivity index (χ3n) is 5.33. The number of nitrogens with one attached hydrogen (secondary N) is 1. The summed E-state index contributed by atoms with van der Waals surface area (Å²) in [7, 11) is 0. The van der Waals surface area contributed by atoms with Crippen LogP contribution in [0.25, 0.3) is 0 Å². The molecule has 0 spiro atoms. The summed E-state index contributed by atoms with van der Waals surface area (Å²) < 4.78 is 0. The SMILES string of the molecule is Cc1ccc(C(NC(C)C2CCCCC2)C2CC2)cc1. The molecule has 110 valence electrons. The van der Waals surface area contributed by atoms with Crippen molar-refractivity contribution >= 4 is 0 Å². The summed E-state index contributed by atoms with van der Waals surface area (Å²) in [6.07, 6.45) is 10.0. The highest BCUT2D eigenvalue weighted by molar-refractivity contribution is 5.25. The van der Waals surface area contributed by atoms with Gasteiger partial charge in [-0.2, -0.15) is 0 Å². The van der Waals surface area contributed by atoms with E-state index in [1.54, 1.807) is 0 Å². The molecule has 0 saturated heterocycles. The summed E-state index contributed by atoms with van der Waals surface area (Å²) >= 11 is 0. The van der Waals surface area contributed by atoms with Crippen molar-refractivity contribution in [3.63, 3.8) is 0 Å². The molecule has 2 aliphatic rings. The normalized spacial score (nSPS) is 23.5. The molecule has 0 aromatic heterocycles. The summed E-state index contributed by atoms with van der Waals surface area (Å²) in [5.74, 6) is 1.78. The lowest BCUT2D eigenvalue weighted by molar-refractivity contribution is 0.257. The molecule has 0 bridgehead atoms. The molecule has 1 aromatic carbocycles. The predicted molar refractivity (Wildman–Crippen MR) is 85.8 cm³/mol. The predicted octanol–water partition coefficient (Wildman–Crippen LogP) is 5.00. The Hall–Kier alpha value is -0.820. The fraction of sp³-hybridized carbons (Fsp3) is 0.684. The van der Waals surface area contributed by atoms with Crippen molar-refractivity contribution in [2.24, 2.45) is 11.8 Å². The molecule has 0 aliphatic heterocycles. The van der Waals surface area contributed by atoms with Gasteiger partial charge in [-0.3, -0.25) is 0 Å². The van der Waals surface area contributed by atoms with E-state index in [0.717, 1.165) is 11.8 Å². The van der Waals surface area contributed by atoms with Crippen molar-refractivity contribution in [3.8, 4) is 0 Å². The maximum Gasteiger partial charge on any atom is 0.0351 e. The highest BCUT2D eigenvalue weighted by atomic mass is 15.0. The highest BCUT2D eigenvalue weighted by Gasteiger charge is 2.34. The average molecular weight is 271 g/mol. The minimum Gasteiger partial charge on any atom is -0.307 e. The Morgan fingerprint density at radius 1 is 0.900 bits per heavy atom. The first-order valence-corrected chi connectivity index (χ1v) is 8.56. The Morgan fingerprint density at radius 2 is 1.55 bits per heavy atom. The van der Waals surface area contributed by atoms with Crippen molar-refractivity contribution in [2.45, 2.75) is 70.9 Å². The molecule has 2 atom stereocenters. The second-order valence-electron chi connectivity index (χ2n) is 7.08. The Labute approximate surface area is 124 Å². The lowest BCUT2D eigenvalue weighted by Crippen LogP contribution is -2.38. The lowest BCUT2D eigenvalue weighted by Gasteiger charge is -2.32. The van der Waals surface area contributed by atoms with Crippen LogP contribution >= 0.6 is 0 Å². The first-order chi connectivity index (χ1) is 9.74. The molecule has 3 rings (SSSR count). The van der Waals surface area contributed by atoms with Crippen LogP contribution in [0, 0.1) is 18.8 Å². The van der Waals surface area contributed by atoms with E-state index < -0.39 is 0 Å². The van der Waals surface area contributed by atoms with Crippen LogP contribution in [0.15, 0.2) is 24.3 Å². The number of hydrogen-bond donors (Lipinski definition) is 1. The van der Waals surface area contributed by atoms with E-state index in [-0.39, 0.29) is 0 Å². The van der Waals surface area contributed by atoms with Gasteiger partial charge in [0.05, 0.1) is 0 Å². The van der Waals surface area contributed by atoms with Crippen LogP contribution in [-0.2, 0) is 0 Å². The van der Waals surface area contributed by atoms with Crippen LogP contribution < -0.4 is 5.32 Å². The molecule has 20 heavy (non-hydrogen) atoms. The summed E-state index contributed by atoms with van der Waals surface area (Å²) in [6.45, 7) is 4.59. The van der Waals surface area contributed by atoms with E-state index in [1.165, 1.54) is 56.1 Å². The summed E-state index contributed by atoms with van der Waals surface area (Å²) in [4.78, 5) is 0. The number of aryl methyl sites for hydroxylation is 1. The van der Waals surface area contributed by atoms with Gasteiger partial charge in [0.2, 0.25) is 0 Å². The lowest BCUT2D eigenvalue weighted by atomic mass is 9.84. The van der Waals surface area contributed by atoms with Gasteiger partial charge in [0.1, 0.15) is 0 Å². The quantitative estimate of drug-likeness (QED) is 0.794. The van der Waals surface area contributed by atoms with Gasteiger partial charge in [0.15, 0.2) is 0 Å². The van der Waals surface area contributed by atoms with E-state index in [9.17, 15) is 0 Å². The Bertz CT molecular complexity index is 412. The Morgan fingerprint density at radius 3 is 2.15 bits per heavy atom. The molecule has 0 heterocycles.